The van der Waals surface area contributed by atoms with Gasteiger partial charge in [-0.05, 0) is 25.1 Å². The number of aromatic amines is 2. The molecule has 1 aliphatic heterocycles. The van der Waals surface area contributed by atoms with Gasteiger partial charge in [-0.3, -0.25) is 14.8 Å². The first-order valence-electron chi connectivity index (χ1n) is 6.42. The van der Waals surface area contributed by atoms with Gasteiger partial charge in [-0.15, -0.1) is 0 Å². The molecule has 108 valence electrons. The number of hydrogen-bond donors (Lipinski definition) is 2. The highest BCUT2D eigenvalue weighted by atomic mass is 16.5. The van der Waals surface area contributed by atoms with E-state index in [0.717, 1.165) is 0 Å². The Kier molecular flexibility index (Phi) is 3.09. The molecule has 0 fully saturated rings. The number of H-pyrrole nitrogens is 2. The third-order valence-electron chi connectivity index (χ3n) is 3.15. The van der Waals surface area contributed by atoms with E-state index in [1.165, 1.54) is 0 Å². The van der Waals surface area contributed by atoms with Gasteiger partial charge in [-0.1, -0.05) is 0 Å². The summed E-state index contributed by atoms with van der Waals surface area (Å²) in [7, 11) is 0. The van der Waals surface area contributed by atoms with Crippen molar-refractivity contribution in [2.45, 2.75) is 13.3 Å². The number of benzene rings is 1. The van der Waals surface area contributed by atoms with Crippen molar-refractivity contribution in [3.05, 3.63) is 55.7 Å². The Balaban J connectivity index is 2.02. The van der Waals surface area contributed by atoms with Crippen LogP contribution in [0.4, 0.5) is 0 Å². The molecule has 1 aromatic heterocycles. The number of carbonyl (C=O) groups is 1. The predicted molar refractivity (Wildman–Crippen MR) is 73.0 cm³/mol. The first-order valence-corrected chi connectivity index (χ1v) is 6.42. The first kappa shape index (κ1) is 13.2. The minimum absolute atomic E-state index is 0.139. The molecule has 3 rings (SSSR count). The van der Waals surface area contributed by atoms with Crippen molar-refractivity contribution in [1.29, 1.82) is 0 Å². The Morgan fingerprint density at radius 1 is 1.33 bits per heavy atom. The third-order valence-corrected chi connectivity index (χ3v) is 3.15. The molecule has 2 heterocycles. The zero-order chi connectivity index (χ0) is 15.0. The van der Waals surface area contributed by atoms with E-state index in [2.05, 4.69) is 9.97 Å². The van der Waals surface area contributed by atoms with Crippen LogP contribution < -0.4 is 16.0 Å². The van der Waals surface area contributed by atoms with Crippen LogP contribution in [0.5, 0.6) is 11.6 Å². The van der Waals surface area contributed by atoms with Gasteiger partial charge in [0.1, 0.15) is 5.75 Å². The van der Waals surface area contributed by atoms with Crippen molar-refractivity contribution in [2.24, 2.45) is 0 Å². The first-order chi connectivity index (χ1) is 10.1. The molecule has 0 unspecified atom stereocenters. The van der Waals surface area contributed by atoms with Crippen LogP contribution in [0.25, 0.3) is 0 Å². The summed E-state index contributed by atoms with van der Waals surface area (Å²) in [6.45, 7) is 2.02. The van der Waals surface area contributed by atoms with Gasteiger partial charge in [-0.25, -0.2) is 9.59 Å². The summed E-state index contributed by atoms with van der Waals surface area (Å²) in [6, 6.07) is 4.82. The van der Waals surface area contributed by atoms with Gasteiger partial charge in [0, 0.05) is 12.0 Å². The lowest BCUT2D eigenvalue weighted by Crippen LogP contribution is -2.28. The van der Waals surface area contributed by atoms with Gasteiger partial charge in [0.05, 0.1) is 17.7 Å². The van der Waals surface area contributed by atoms with Gasteiger partial charge in [0.2, 0.25) is 5.88 Å². The van der Waals surface area contributed by atoms with Crippen molar-refractivity contribution in [1.82, 2.24) is 9.97 Å². The highest BCUT2D eigenvalue weighted by Gasteiger charge is 2.22. The van der Waals surface area contributed by atoms with Crippen molar-refractivity contribution in [2.75, 3.05) is 6.61 Å². The lowest BCUT2D eigenvalue weighted by Gasteiger charge is -2.19. The zero-order valence-electron chi connectivity index (χ0n) is 11.2. The molecule has 2 aromatic rings. The highest BCUT2D eigenvalue weighted by molar-refractivity contribution is 5.90. The van der Waals surface area contributed by atoms with Crippen molar-refractivity contribution < 1.29 is 14.3 Å². The average Bonchev–Trinajstić information content (AvgIpc) is 2.45. The molecule has 0 spiro atoms. The second kappa shape index (κ2) is 4.93. The summed E-state index contributed by atoms with van der Waals surface area (Å²) >= 11 is 0. The number of esters is 1. The summed E-state index contributed by atoms with van der Waals surface area (Å²) in [5, 5.41) is 0. The molecular weight excluding hydrogens is 276 g/mol. The molecule has 0 saturated carbocycles. The van der Waals surface area contributed by atoms with Crippen molar-refractivity contribution in [3.63, 3.8) is 0 Å². The summed E-state index contributed by atoms with van der Waals surface area (Å²) < 4.78 is 10.4. The summed E-state index contributed by atoms with van der Waals surface area (Å²) in [5.41, 5.74) is 0.281. The topological polar surface area (TPSA) is 101 Å². The van der Waals surface area contributed by atoms with Crippen LogP contribution in [0.3, 0.4) is 0 Å². The molecule has 0 radical (unpaired) electrons. The van der Waals surface area contributed by atoms with Crippen LogP contribution in [0.15, 0.2) is 27.8 Å². The van der Waals surface area contributed by atoms with E-state index in [1.807, 2.05) is 0 Å². The van der Waals surface area contributed by atoms with E-state index in [0.29, 0.717) is 22.4 Å². The number of aromatic nitrogens is 2. The van der Waals surface area contributed by atoms with Gasteiger partial charge >= 0.3 is 11.7 Å². The normalized spacial score (nSPS) is 12.0. The van der Waals surface area contributed by atoms with Gasteiger partial charge in [-0.2, -0.15) is 0 Å². The summed E-state index contributed by atoms with van der Waals surface area (Å²) in [5.74, 6) is 0.207. The predicted octanol–water partition coefficient (Wildman–Crippen LogP) is 0.936. The minimum Gasteiger partial charge on any atom is -0.462 e. The standard InChI is InChI=1S/C14H12N2O5/c1-2-20-13(18)7-3-4-10-8(5-7)6-9-11(17)15-14(19)16-12(9)21-10/h3-5H,2,6H2,1H3,(H2,15,16,17,19). The number of ether oxygens (including phenoxy) is 2. The minimum atomic E-state index is -0.620. The molecule has 0 atom stereocenters. The highest BCUT2D eigenvalue weighted by Crippen LogP contribution is 2.33. The maximum atomic E-state index is 11.8. The zero-order valence-corrected chi connectivity index (χ0v) is 11.2. The maximum absolute atomic E-state index is 11.8. The quantitative estimate of drug-likeness (QED) is 0.683. The van der Waals surface area contributed by atoms with E-state index < -0.39 is 17.2 Å². The van der Waals surface area contributed by atoms with Crippen LogP contribution in [0.2, 0.25) is 0 Å². The molecule has 7 nitrogen and oxygen atoms in total. The SMILES string of the molecule is CCOC(=O)c1ccc2c(c1)Cc1c([nH]c(=O)[nH]c1=O)O2. The van der Waals surface area contributed by atoms with Crippen molar-refractivity contribution in [3.8, 4) is 11.6 Å². The van der Waals surface area contributed by atoms with Crippen LogP contribution in [-0.4, -0.2) is 22.5 Å². The largest absolute Gasteiger partial charge is 0.462 e. The Bertz CT molecular complexity index is 834. The van der Waals surface area contributed by atoms with E-state index in [1.54, 1.807) is 25.1 Å². The molecule has 1 aliphatic rings. The van der Waals surface area contributed by atoms with Crippen LogP contribution >= 0.6 is 0 Å². The number of rotatable bonds is 2. The Labute approximate surface area is 118 Å². The fourth-order valence-corrected chi connectivity index (χ4v) is 2.20. The second-order valence-electron chi connectivity index (χ2n) is 4.54. The van der Waals surface area contributed by atoms with Crippen LogP contribution in [0.1, 0.15) is 28.4 Å². The molecule has 1 aromatic carbocycles. The van der Waals surface area contributed by atoms with Crippen molar-refractivity contribution >= 4 is 5.97 Å². The molecule has 0 amide bonds. The van der Waals surface area contributed by atoms with Crippen LogP contribution in [-0.2, 0) is 11.2 Å². The van der Waals surface area contributed by atoms with Gasteiger partial charge in [0.25, 0.3) is 5.56 Å². The lowest BCUT2D eigenvalue weighted by atomic mass is 10.0. The molecule has 0 aliphatic carbocycles. The van der Waals surface area contributed by atoms with E-state index in [-0.39, 0.29) is 18.9 Å². The third kappa shape index (κ3) is 2.33. The smallest absolute Gasteiger partial charge is 0.338 e. The molecular formula is C14H12N2O5. The van der Waals surface area contributed by atoms with Crippen LogP contribution in [0, 0.1) is 0 Å². The fraction of sp³-hybridized carbons (Fsp3) is 0.214. The summed E-state index contributed by atoms with van der Waals surface area (Å²) in [6.07, 6.45) is 0.268. The van der Waals surface area contributed by atoms with E-state index >= 15 is 0 Å². The Hall–Kier alpha value is -2.83. The number of carbonyl (C=O) groups excluding carboxylic acids is 1. The lowest BCUT2D eigenvalue weighted by molar-refractivity contribution is 0.0526. The fourth-order valence-electron chi connectivity index (χ4n) is 2.20. The summed E-state index contributed by atoms with van der Waals surface area (Å²) in [4.78, 5) is 39.3. The molecule has 21 heavy (non-hydrogen) atoms. The molecule has 7 heteroatoms. The van der Waals surface area contributed by atoms with Gasteiger partial charge in [0.15, 0.2) is 0 Å². The molecule has 2 N–H and O–H groups in total. The average molecular weight is 288 g/mol. The molecule has 0 saturated heterocycles. The maximum Gasteiger partial charge on any atom is 0.338 e. The number of fused-ring (bicyclic) bond motifs is 2. The molecule has 0 bridgehead atoms. The van der Waals surface area contributed by atoms with Gasteiger partial charge < -0.3 is 9.47 Å². The number of nitrogens with one attached hydrogen (secondary N) is 2. The Morgan fingerprint density at radius 3 is 2.90 bits per heavy atom. The monoisotopic (exact) mass is 288 g/mol. The number of hydrogen-bond acceptors (Lipinski definition) is 5. The van der Waals surface area contributed by atoms with E-state index in [9.17, 15) is 14.4 Å². The Morgan fingerprint density at radius 2 is 2.14 bits per heavy atom. The second-order valence-corrected chi connectivity index (χ2v) is 4.54. The van der Waals surface area contributed by atoms with E-state index in [4.69, 9.17) is 9.47 Å².